The second-order valence-corrected chi connectivity index (χ2v) is 3.94. The molecule has 3 amide bonds. The van der Waals surface area contributed by atoms with E-state index in [4.69, 9.17) is 0 Å². The van der Waals surface area contributed by atoms with Gasteiger partial charge in [0.05, 0.1) is 0 Å². The molecule has 1 N–H and O–H groups in total. The number of imide groups is 1. The first-order chi connectivity index (χ1) is 6.68. The molecular formula is C9H15N3O2. The molecule has 0 saturated carbocycles. The second kappa shape index (κ2) is 3.57. The molecule has 2 aliphatic rings. The van der Waals surface area contributed by atoms with E-state index in [1.165, 1.54) is 9.80 Å². The Morgan fingerprint density at radius 2 is 2.29 bits per heavy atom. The van der Waals surface area contributed by atoms with E-state index < -0.39 is 0 Å². The predicted molar refractivity (Wildman–Crippen MR) is 50.8 cm³/mol. The number of nitrogens with one attached hydrogen (secondary N) is 1. The van der Waals surface area contributed by atoms with Crippen LogP contribution in [0.25, 0.3) is 0 Å². The Labute approximate surface area is 83.0 Å². The quantitative estimate of drug-likeness (QED) is 0.615. The summed E-state index contributed by atoms with van der Waals surface area (Å²) in [7, 11) is 1.66. The smallest absolute Gasteiger partial charge is 0.318 e. The van der Waals surface area contributed by atoms with Crippen LogP contribution in [-0.2, 0) is 4.79 Å². The van der Waals surface area contributed by atoms with Crippen molar-refractivity contribution in [2.24, 2.45) is 0 Å². The van der Waals surface area contributed by atoms with Gasteiger partial charge in [0.1, 0.15) is 6.54 Å². The molecule has 2 fully saturated rings. The van der Waals surface area contributed by atoms with Crippen LogP contribution in [0.5, 0.6) is 0 Å². The Hall–Kier alpha value is -1.10. The van der Waals surface area contributed by atoms with Crippen molar-refractivity contribution in [1.29, 1.82) is 0 Å². The van der Waals surface area contributed by atoms with Crippen LogP contribution >= 0.6 is 0 Å². The number of urea groups is 1. The van der Waals surface area contributed by atoms with Crippen molar-refractivity contribution in [3.63, 3.8) is 0 Å². The highest BCUT2D eigenvalue weighted by Gasteiger charge is 2.35. The summed E-state index contributed by atoms with van der Waals surface area (Å²) < 4.78 is 0. The Balaban J connectivity index is 1.96. The Bertz CT molecular complexity index is 261. The molecular weight excluding hydrogens is 182 g/mol. The summed E-state index contributed by atoms with van der Waals surface area (Å²) in [4.78, 5) is 25.7. The largest absolute Gasteiger partial charge is 0.327 e. The van der Waals surface area contributed by atoms with Gasteiger partial charge in [-0.2, -0.15) is 0 Å². The van der Waals surface area contributed by atoms with Gasteiger partial charge in [-0.3, -0.25) is 9.69 Å². The van der Waals surface area contributed by atoms with Crippen molar-refractivity contribution in [3.05, 3.63) is 0 Å². The number of likely N-dealkylation sites (N-methyl/N-ethyl adjacent to an activating group) is 1. The lowest BCUT2D eigenvalue weighted by molar-refractivity contribution is -0.125. The minimum Gasteiger partial charge on any atom is -0.318 e. The highest BCUT2D eigenvalue weighted by Crippen LogP contribution is 2.12. The van der Waals surface area contributed by atoms with Gasteiger partial charge < -0.3 is 10.2 Å². The predicted octanol–water partition coefficient (Wildman–Crippen LogP) is -0.368. The molecule has 2 aliphatic heterocycles. The highest BCUT2D eigenvalue weighted by atomic mass is 16.2. The lowest BCUT2D eigenvalue weighted by Gasteiger charge is -2.18. The van der Waals surface area contributed by atoms with Crippen LogP contribution in [0.1, 0.15) is 12.8 Å². The fourth-order valence-corrected chi connectivity index (χ4v) is 1.98. The van der Waals surface area contributed by atoms with Gasteiger partial charge in [-0.1, -0.05) is 0 Å². The molecule has 0 bridgehead atoms. The van der Waals surface area contributed by atoms with E-state index in [1.807, 2.05) is 0 Å². The Morgan fingerprint density at radius 1 is 1.50 bits per heavy atom. The molecule has 2 rings (SSSR count). The van der Waals surface area contributed by atoms with Gasteiger partial charge >= 0.3 is 6.03 Å². The van der Waals surface area contributed by atoms with Crippen LogP contribution in [0.3, 0.4) is 0 Å². The molecule has 5 nitrogen and oxygen atoms in total. The maximum absolute atomic E-state index is 11.5. The summed E-state index contributed by atoms with van der Waals surface area (Å²) >= 11 is 0. The summed E-state index contributed by atoms with van der Waals surface area (Å²) in [5, 5.41) is 3.27. The molecule has 14 heavy (non-hydrogen) atoms. The molecule has 0 aromatic rings. The summed E-state index contributed by atoms with van der Waals surface area (Å²) in [6.07, 6.45) is 2.19. The third-order valence-corrected chi connectivity index (χ3v) is 2.80. The zero-order valence-corrected chi connectivity index (χ0v) is 8.32. The molecule has 78 valence electrons. The minimum atomic E-state index is -0.163. The van der Waals surface area contributed by atoms with Crippen LogP contribution in [0, 0.1) is 0 Å². The molecule has 2 saturated heterocycles. The van der Waals surface area contributed by atoms with Crippen LogP contribution in [0.2, 0.25) is 0 Å². The van der Waals surface area contributed by atoms with Gasteiger partial charge in [-0.15, -0.1) is 0 Å². The van der Waals surface area contributed by atoms with Gasteiger partial charge in [-0.25, -0.2) is 4.79 Å². The third-order valence-electron chi connectivity index (χ3n) is 2.80. The molecule has 0 aromatic carbocycles. The van der Waals surface area contributed by atoms with Gasteiger partial charge in [-0.05, 0) is 19.4 Å². The zero-order chi connectivity index (χ0) is 10.1. The topological polar surface area (TPSA) is 52.7 Å². The number of nitrogens with zero attached hydrogens (tertiary/aromatic N) is 2. The van der Waals surface area contributed by atoms with Crippen molar-refractivity contribution in [1.82, 2.24) is 15.1 Å². The van der Waals surface area contributed by atoms with Crippen molar-refractivity contribution >= 4 is 11.9 Å². The van der Waals surface area contributed by atoms with E-state index >= 15 is 0 Å². The fourth-order valence-electron chi connectivity index (χ4n) is 1.98. The Kier molecular flexibility index (Phi) is 2.41. The zero-order valence-electron chi connectivity index (χ0n) is 8.32. The van der Waals surface area contributed by atoms with Gasteiger partial charge in [0.2, 0.25) is 5.91 Å². The minimum absolute atomic E-state index is 0.0776. The lowest BCUT2D eigenvalue weighted by atomic mass is 10.2. The van der Waals surface area contributed by atoms with Crippen molar-refractivity contribution in [2.75, 3.05) is 26.7 Å². The summed E-state index contributed by atoms with van der Waals surface area (Å²) in [6, 6.07) is 0.137. The maximum Gasteiger partial charge on any atom is 0.327 e. The summed E-state index contributed by atoms with van der Waals surface area (Å²) in [6.45, 7) is 1.75. The number of amides is 3. The molecule has 5 heteroatoms. The van der Waals surface area contributed by atoms with Crippen LogP contribution in [-0.4, -0.2) is 54.5 Å². The van der Waals surface area contributed by atoms with E-state index in [0.717, 1.165) is 19.4 Å². The monoisotopic (exact) mass is 197 g/mol. The first-order valence-electron chi connectivity index (χ1n) is 4.97. The van der Waals surface area contributed by atoms with Crippen molar-refractivity contribution in [2.45, 2.75) is 18.9 Å². The number of hydrogen-bond acceptors (Lipinski definition) is 3. The van der Waals surface area contributed by atoms with E-state index in [-0.39, 0.29) is 18.5 Å². The number of rotatable bonds is 2. The number of carbonyl (C=O) groups is 2. The molecule has 0 spiro atoms. The fraction of sp³-hybridized carbons (Fsp3) is 0.778. The first kappa shape index (κ1) is 9.45. The van der Waals surface area contributed by atoms with Crippen LogP contribution < -0.4 is 5.32 Å². The van der Waals surface area contributed by atoms with Crippen molar-refractivity contribution < 1.29 is 9.59 Å². The lowest BCUT2D eigenvalue weighted by Crippen LogP contribution is -2.41. The highest BCUT2D eigenvalue weighted by molar-refractivity contribution is 6.01. The van der Waals surface area contributed by atoms with Crippen molar-refractivity contribution in [3.8, 4) is 0 Å². The third kappa shape index (κ3) is 1.59. The Morgan fingerprint density at radius 3 is 2.79 bits per heavy atom. The molecule has 0 aromatic heterocycles. The van der Waals surface area contributed by atoms with Gasteiger partial charge in [0.15, 0.2) is 0 Å². The average Bonchev–Trinajstić information content (AvgIpc) is 2.71. The molecule has 0 radical (unpaired) electrons. The number of carbonyl (C=O) groups excluding carboxylic acids is 2. The molecule has 0 aliphatic carbocycles. The summed E-state index contributed by atoms with van der Waals surface area (Å²) in [5.41, 5.74) is 0. The maximum atomic E-state index is 11.5. The molecule has 1 atom stereocenters. The van der Waals surface area contributed by atoms with Gasteiger partial charge in [0.25, 0.3) is 0 Å². The van der Waals surface area contributed by atoms with Gasteiger partial charge in [0, 0.05) is 19.6 Å². The average molecular weight is 197 g/mol. The first-order valence-corrected chi connectivity index (χ1v) is 4.97. The van der Waals surface area contributed by atoms with E-state index in [0.29, 0.717) is 12.6 Å². The standard InChI is InChI=1S/C9H15N3O2/c1-11-6-8(13)12(9(11)14)5-7-3-2-4-10-7/h7,10H,2-6H2,1H3. The molecule has 1 unspecified atom stereocenters. The summed E-state index contributed by atoms with van der Waals surface area (Å²) in [5.74, 6) is -0.0776. The van der Waals surface area contributed by atoms with Crippen LogP contribution in [0.4, 0.5) is 4.79 Å². The number of hydrogen-bond donors (Lipinski definition) is 1. The van der Waals surface area contributed by atoms with E-state index in [1.54, 1.807) is 7.05 Å². The molecule has 2 heterocycles. The van der Waals surface area contributed by atoms with E-state index in [9.17, 15) is 9.59 Å². The SMILES string of the molecule is CN1CC(=O)N(CC2CCCN2)C1=O. The van der Waals surface area contributed by atoms with E-state index in [2.05, 4.69) is 5.32 Å². The normalized spacial score (nSPS) is 27.9. The van der Waals surface area contributed by atoms with Crippen LogP contribution in [0.15, 0.2) is 0 Å². The second-order valence-electron chi connectivity index (χ2n) is 3.94.